The third-order valence-corrected chi connectivity index (χ3v) is 17.3. The maximum atomic E-state index is 14.5. The van der Waals surface area contributed by atoms with Crippen LogP contribution in [0.2, 0.25) is 0 Å². The molecule has 17 nitrogen and oxygen atoms in total. The predicted molar refractivity (Wildman–Crippen MR) is 325 cm³/mol. The van der Waals surface area contributed by atoms with Gasteiger partial charge in [0.15, 0.2) is 10.8 Å². The molecule has 4 N–H and O–H groups in total. The van der Waals surface area contributed by atoms with E-state index in [1.54, 1.807) is 23.5 Å². The third kappa shape index (κ3) is 13.2. The zero-order valence-electron chi connectivity index (χ0n) is 47.9. The number of pyridine rings is 1. The van der Waals surface area contributed by atoms with Crippen molar-refractivity contribution in [1.82, 2.24) is 30.5 Å². The Labute approximate surface area is 495 Å². The lowest BCUT2D eigenvalue weighted by molar-refractivity contribution is -0.147. The maximum absolute atomic E-state index is 14.5. The molecule has 84 heavy (non-hydrogen) atoms. The normalized spacial score (nSPS) is 15.7. The van der Waals surface area contributed by atoms with Gasteiger partial charge in [0.25, 0.3) is 5.91 Å². The monoisotopic (exact) mass is 1170 g/mol. The minimum absolute atomic E-state index is 0.00769. The zero-order chi connectivity index (χ0) is 59.4. The highest BCUT2D eigenvalue weighted by Gasteiger charge is 2.46. The summed E-state index contributed by atoms with van der Waals surface area (Å²) in [7, 11) is 0. The number of nitrogens with one attached hydrogen (secondary N) is 3. The molecule has 5 heterocycles. The lowest BCUT2D eigenvalue weighted by Crippen LogP contribution is -2.57. The van der Waals surface area contributed by atoms with Crippen LogP contribution in [-0.2, 0) is 43.3 Å². The molecule has 4 unspecified atom stereocenters. The zero-order valence-corrected chi connectivity index (χ0v) is 49.5. The number of aromatic nitrogens is 3. The third-order valence-electron chi connectivity index (χ3n) is 15.4. The number of anilines is 2. The number of nitrogens with zero attached hydrogens (tertiary/aromatic N) is 5. The van der Waals surface area contributed by atoms with Crippen molar-refractivity contribution in [3.05, 3.63) is 172 Å². The van der Waals surface area contributed by atoms with Crippen molar-refractivity contribution in [2.75, 3.05) is 23.3 Å². The number of para-hydroxylation sites is 1. The Hall–Kier alpha value is -8.81. The number of rotatable bonds is 18. The molecule has 8 aromatic rings. The number of amides is 4. The van der Waals surface area contributed by atoms with E-state index in [0.29, 0.717) is 71.5 Å². The second-order valence-corrected chi connectivity index (χ2v) is 24.3. The number of carbonyl (C=O) groups excluding carboxylic acids is 5. The number of carbonyl (C=O) groups is 6. The minimum Gasteiger partial charge on any atom is -0.476 e. The minimum atomic E-state index is -1.18. The van der Waals surface area contributed by atoms with E-state index >= 15 is 0 Å². The van der Waals surface area contributed by atoms with Gasteiger partial charge in [0.1, 0.15) is 35.5 Å². The van der Waals surface area contributed by atoms with E-state index in [9.17, 15) is 33.9 Å². The number of aryl methyl sites for hydroxylation is 2. The van der Waals surface area contributed by atoms with E-state index in [1.807, 2.05) is 161 Å². The van der Waals surface area contributed by atoms with Crippen LogP contribution in [0.15, 0.2) is 127 Å². The van der Waals surface area contributed by atoms with Crippen molar-refractivity contribution in [1.29, 1.82) is 0 Å². The molecular weight excluding hydrogens is 1100 g/mol. The SMILES string of the molecule is CC(=O)OC1CC(C(=O)NC(C)c2ccc(-c3scnc3C)cc2)N(C(=O)C(NC(=O)CCCc2ccc(Oc3cccc(-c4ccc(N5CCc6cccc(C(=O)Nc7nc8ccccc8s7)c6C5)nc4C(=O)O)c3C)cc2)C(C)(C)C)C1. The first-order chi connectivity index (χ1) is 40.3. The molecule has 2 aliphatic heterocycles. The van der Waals surface area contributed by atoms with Crippen molar-refractivity contribution in [2.45, 2.75) is 111 Å². The van der Waals surface area contributed by atoms with Crippen LogP contribution in [-0.4, -0.2) is 91.8 Å². The maximum Gasteiger partial charge on any atom is 0.355 e. The topological polar surface area (TPSA) is 222 Å². The van der Waals surface area contributed by atoms with Crippen LogP contribution in [0.5, 0.6) is 11.5 Å². The van der Waals surface area contributed by atoms with E-state index in [-0.39, 0.29) is 42.8 Å². The van der Waals surface area contributed by atoms with E-state index in [4.69, 9.17) is 14.5 Å². The molecule has 5 aromatic carbocycles. The molecule has 0 saturated carbocycles. The van der Waals surface area contributed by atoms with Crippen molar-refractivity contribution in [2.24, 2.45) is 5.41 Å². The lowest BCUT2D eigenvalue weighted by Gasteiger charge is -2.35. The molecule has 1 saturated heterocycles. The fraction of sp³-hybridized carbons (Fsp3) is 0.308. The predicted octanol–water partition coefficient (Wildman–Crippen LogP) is 11.7. The molecular formula is C65H66N8O9S2. The van der Waals surface area contributed by atoms with Gasteiger partial charge in [-0.15, -0.1) is 11.3 Å². The Morgan fingerprint density at radius 1 is 0.845 bits per heavy atom. The number of carboxylic acid groups (broad SMARTS) is 1. The van der Waals surface area contributed by atoms with Gasteiger partial charge in [-0.2, -0.15) is 0 Å². The van der Waals surface area contributed by atoms with Crippen molar-refractivity contribution in [3.63, 3.8) is 0 Å². The van der Waals surface area contributed by atoms with Gasteiger partial charge in [0.2, 0.25) is 17.7 Å². The summed E-state index contributed by atoms with van der Waals surface area (Å²) in [5.74, 6) is -1.51. The summed E-state index contributed by atoms with van der Waals surface area (Å²) in [5, 5.41) is 20.1. The van der Waals surface area contributed by atoms with Gasteiger partial charge in [0, 0.05) is 44.0 Å². The molecule has 432 valence electrons. The Balaban J connectivity index is 0.747. The van der Waals surface area contributed by atoms with E-state index in [2.05, 4.69) is 25.9 Å². The molecule has 2 aliphatic rings. The number of hydrogen-bond acceptors (Lipinski definition) is 14. The second-order valence-electron chi connectivity index (χ2n) is 22.4. The highest BCUT2D eigenvalue weighted by Crippen LogP contribution is 2.37. The molecule has 1 fully saturated rings. The molecule has 0 bridgehead atoms. The number of ether oxygens (including phenoxy) is 2. The standard InChI is InChI=1S/C65H66N8O9S2/c1-37-47(48-29-30-55(69-57(48)63(79)80)72-32-31-43-14-11-16-49(50(43)35-72)60(76)71-64-68-51-17-8-9-19-54(51)84-64)15-12-18-53(37)82-45-27-21-41(22-28-45)13-10-20-56(75)70-59(65(5,6)7)62(78)73-34-46(81-40(4)74)33-52(73)61(77)67-38(2)42-23-25-44(26-24-42)58-39(3)66-36-83-58/h8-9,11-12,14-19,21-30,36,38,46,52,59H,10,13,20,31-35H2,1-7H3,(H,67,77)(H,70,75)(H,79,80)(H,68,71,76). The van der Waals surface area contributed by atoms with Gasteiger partial charge in [-0.05, 0) is 133 Å². The van der Waals surface area contributed by atoms with Crippen LogP contribution in [0, 0.1) is 19.3 Å². The number of esters is 1. The Bertz CT molecular complexity index is 3760. The van der Waals surface area contributed by atoms with E-state index in [0.717, 1.165) is 54.2 Å². The summed E-state index contributed by atoms with van der Waals surface area (Å²) < 4.78 is 12.9. The largest absolute Gasteiger partial charge is 0.476 e. The van der Waals surface area contributed by atoms with Gasteiger partial charge >= 0.3 is 11.9 Å². The number of fused-ring (bicyclic) bond motifs is 2. The van der Waals surface area contributed by atoms with E-state index < -0.39 is 47.5 Å². The highest BCUT2D eigenvalue weighted by atomic mass is 32.1. The first-order valence-electron chi connectivity index (χ1n) is 28.0. The van der Waals surface area contributed by atoms with Crippen LogP contribution in [0.1, 0.15) is 114 Å². The van der Waals surface area contributed by atoms with Crippen LogP contribution >= 0.6 is 22.7 Å². The number of thiazole rings is 2. The number of likely N-dealkylation sites (tertiary alicyclic amines) is 1. The lowest BCUT2D eigenvalue weighted by atomic mass is 9.85. The fourth-order valence-corrected chi connectivity index (χ4v) is 12.6. The fourth-order valence-electron chi connectivity index (χ4n) is 11.0. The van der Waals surface area contributed by atoms with Crippen molar-refractivity contribution < 1.29 is 43.3 Å². The molecule has 3 aromatic heterocycles. The second kappa shape index (κ2) is 25.0. The van der Waals surface area contributed by atoms with Crippen LogP contribution in [0.3, 0.4) is 0 Å². The summed E-state index contributed by atoms with van der Waals surface area (Å²) in [6.45, 7) is 13.5. The van der Waals surface area contributed by atoms with Crippen LogP contribution in [0.4, 0.5) is 10.9 Å². The average Bonchev–Trinajstić information content (AvgIpc) is 4.00. The average molecular weight is 1170 g/mol. The van der Waals surface area contributed by atoms with Crippen molar-refractivity contribution in [3.8, 4) is 33.1 Å². The smallest absolute Gasteiger partial charge is 0.355 e. The van der Waals surface area contributed by atoms with Gasteiger partial charge in [0.05, 0.1) is 38.9 Å². The van der Waals surface area contributed by atoms with Crippen LogP contribution < -0.4 is 25.6 Å². The molecule has 0 aliphatic carbocycles. The summed E-state index contributed by atoms with van der Waals surface area (Å²) in [4.78, 5) is 99.1. The van der Waals surface area contributed by atoms with Gasteiger partial charge in [-0.25, -0.2) is 19.7 Å². The summed E-state index contributed by atoms with van der Waals surface area (Å²) in [6, 6.07) is 35.6. The molecule has 19 heteroatoms. The number of carboxylic acids is 1. The highest BCUT2D eigenvalue weighted by molar-refractivity contribution is 7.22. The van der Waals surface area contributed by atoms with Gasteiger partial charge in [-0.1, -0.05) is 105 Å². The Kier molecular flexibility index (Phi) is 17.3. The number of aromatic carboxylic acids is 1. The molecule has 0 radical (unpaired) electrons. The van der Waals surface area contributed by atoms with E-state index in [1.165, 1.54) is 23.2 Å². The van der Waals surface area contributed by atoms with Gasteiger partial charge < -0.3 is 35.0 Å². The number of hydrogen-bond donors (Lipinski definition) is 4. The molecule has 0 spiro atoms. The molecule has 4 atom stereocenters. The van der Waals surface area contributed by atoms with Crippen LogP contribution in [0.25, 0.3) is 31.8 Å². The number of benzene rings is 5. The van der Waals surface area contributed by atoms with Crippen molar-refractivity contribution >= 4 is 79.4 Å². The van der Waals surface area contributed by atoms with Gasteiger partial charge in [-0.3, -0.25) is 29.3 Å². The summed E-state index contributed by atoms with van der Waals surface area (Å²) >= 11 is 2.97. The first kappa shape index (κ1) is 58.4. The summed E-state index contributed by atoms with van der Waals surface area (Å²) in [6.07, 6.45) is 1.24. The Morgan fingerprint density at radius 3 is 2.32 bits per heavy atom. The first-order valence-corrected chi connectivity index (χ1v) is 29.7. The molecule has 10 rings (SSSR count). The Morgan fingerprint density at radius 2 is 1.61 bits per heavy atom. The summed E-state index contributed by atoms with van der Waals surface area (Å²) in [5.41, 5.74) is 9.82. The quantitative estimate of drug-likeness (QED) is 0.0588. The molecule has 4 amide bonds.